The summed E-state index contributed by atoms with van der Waals surface area (Å²) < 4.78 is 0. The number of aryl methyl sites for hydroxylation is 1. The maximum Gasteiger partial charge on any atom is 0.229 e. The minimum atomic E-state index is 0.0347. The first kappa shape index (κ1) is 18.5. The zero-order chi connectivity index (χ0) is 19.7. The molecule has 3 aromatic rings. The molecular formula is C19H18N6OS2. The third-order valence-corrected chi connectivity index (χ3v) is 6.58. The lowest BCUT2D eigenvalue weighted by molar-refractivity contribution is -0.117. The van der Waals surface area contributed by atoms with E-state index in [4.69, 9.17) is 16.1 Å². The molecule has 0 spiro atoms. The van der Waals surface area contributed by atoms with Crippen LogP contribution in [0.2, 0.25) is 0 Å². The number of nitrogens with one attached hydrogen (secondary N) is 2. The summed E-state index contributed by atoms with van der Waals surface area (Å²) in [6.07, 6.45) is 2.82. The molecule has 0 unspecified atom stereocenters. The minimum Gasteiger partial charge on any atom is -0.382 e. The molecule has 142 valence electrons. The molecule has 1 amide bonds. The van der Waals surface area contributed by atoms with Gasteiger partial charge >= 0.3 is 0 Å². The highest BCUT2D eigenvalue weighted by molar-refractivity contribution is 7.24. The summed E-state index contributed by atoms with van der Waals surface area (Å²) in [5.74, 6) is 0.412. The van der Waals surface area contributed by atoms with E-state index < -0.39 is 0 Å². The molecule has 0 bridgehead atoms. The third kappa shape index (κ3) is 3.71. The molecule has 1 aliphatic rings. The number of carbonyl (C=O) groups is 1. The van der Waals surface area contributed by atoms with Crippen LogP contribution in [0.3, 0.4) is 0 Å². The number of nitrogens with zero attached hydrogens (tertiary/aromatic N) is 3. The number of rotatable bonds is 6. The van der Waals surface area contributed by atoms with Crippen LogP contribution in [0.1, 0.15) is 23.4 Å². The quantitative estimate of drug-likeness (QED) is 0.422. The Hall–Kier alpha value is -2.91. The molecule has 2 heterocycles. The van der Waals surface area contributed by atoms with Crippen LogP contribution in [0.5, 0.6) is 0 Å². The Labute approximate surface area is 169 Å². The van der Waals surface area contributed by atoms with Crippen molar-refractivity contribution in [1.29, 1.82) is 5.41 Å². The van der Waals surface area contributed by atoms with Gasteiger partial charge in [0.2, 0.25) is 5.91 Å². The maximum atomic E-state index is 12.0. The monoisotopic (exact) mass is 410 g/mol. The van der Waals surface area contributed by atoms with E-state index in [0.29, 0.717) is 10.0 Å². The summed E-state index contributed by atoms with van der Waals surface area (Å²) >= 11 is 2.82. The minimum absolute atomic E-state index is 0.0347. The highest BCUT2D eigenvalue weighted by atomic mass is 32.1. The number of aromatic nitrogens is 2. The van der Waals surface area contributed by atoms with Crippen molar-refractivity contribution < 1.29 is 4.79 Å². The fraction of sp³-hybridized carbons (Fsp3) is 0.211. The van der Waals surface area contributed by atoms with E-state index in [-0.39, 0.29) is 17.7 Å². The summed E-state index contributed by atoms with van der Waals surface area (Å²) in [7, 11) is 0. The Morgan fingerprint density at radius 2 is 2.04 bits per heavy atom. The average Bonchev–Trinajstić information content (AvgIpc) is 3.35. The Kier molecular flexibility index (Phi) is 5.01. The molecule has 4 N–H and O–H groups in total. The fourth-order valence-electron chi connectivity index (χ4n) is 2.71. The summed E-state index contributed by atoms with van der Waals surface area (Å²) in [6.45, 7) is 1.90. The third-order valence-electron chi connectivity index (χ3n) is 4.28. The molecular weight excluding hydrogens is 392 g/mol. The van der Waals surface area contributed by atoms with Crippen molar-refractivity contribution in [2.45, 2.75) is 19.8 Å². The van der Waals surface area contributed by atoms with Crippen LogP contribution in [0.4, 0.5) is 5.13 Å². The Bertz CT molecular complexity index is 1070. The van der Waals surface area contributed by atoms with Crippen molar-refractivity contribution in [3.8, 4) is 21.1 Å². The van der Waals surface area contributed by atoms with Gasteiger partial charge in [0.1, 0.15) is 17.2 Å². The van der Waals surface area contributed by atoms with Gasteiger partial charge in [-0.1, -0.05) is 41.7 Å². The van der Waals surface area contributed by atoms with Crippen molar-refractivity contribution >= 4 is 45.9 Å². The normalized spacial score (nSPS) is 14.1. The first-order valence-corrected chi connectivity index (χ1v) is 10.4. The zero-order valence-corrected chi connectivity index (χ0v) is 16.7. The molecule has 0 saturated heterocycles. The topological polar surface area (TPSA) is 117 Å². The van der Waals surface area contributed by atoms with Crippen LogP contribution in [0.25, 0.3) is 21.1 Å². The number of thiazole rings is 2. The van der Waals surface area contributed by atoms with E-state index in [2.05, 4.69) is 15.3 Å². The van der Waals surface area contributed by atoms with Crippen molar-refractivity contribution in [2.24, 2.45) is 16.6 Å². The number of amides is 1. The Morgan fingerprint density at radius 3 is 2.71 bits per heavy atom. The summed E-state index contributed by atoms with van der Waals surface area (Å²) in [5, 5.41) is 11.5. The average molecular weight is 411 g/mol. The Balaban J connectivity index is 1.74. The van der Waals surface area contributed by atoms with Crippen LogP contribution in [0.15, 0.2) is 35.3 Å². The second kappa shape index (κ2) is 7.61. The number of hydrogen-bond acceptors (Lipinski definition) is 6. The van der Waals surface area contributed by atoms with Crippen LogP contribution >= 0.6 is 22.7 Å². The highest BCUT2D eigenvalue weighted by Gasteiger charge is 2.30. The van der Waals surface area contributed by atoms with Crippen LogP contribution in [-0.4, -0.2) is 28.0 Å². The van der Waals surface area contributed by atoms with Gasteiger partial charge in [0.15, 0.2) is 5.13 Å². The molecule has 2 aromatic heterocycles. The number of anilines is 1. The number of benzene rings is 1. The van der Waals surface area contributed by atoms with Crippen molar-refractivity contribution in [3.05, 3.63) is 40.9 Å². The molecule has 1 fully saturated rings. The summed E-state index contributed by atoms with van der Waals surface area (Å²) in [5.41, 5.74) is 8.53. The molecule has 0 radical (unpaired) electrons. The van der Waals surface area contributed by atoms with E-state index in [1.807, 2.05) is 37.3 Å². The van der Waals surface area contributed by atoms with E-state index in [9.17, 15) is 4.79 Å². The van der Waals surface area contributed by atoms with E-state index in [1.54, 1.807) is 0 Å². The molecule has 0 atom stereocenters. The smallest absolute Gasteiger partial charge is 0.229 e. The van der Waals surface area contributed by atoms with Crippen LogP contribution in [-0.2, 0) is 4.79 Å². The van der Waals surface area contributed by atoms with Gasteiger partial charge in [-0.2, -0.15) is 0 Å². The van der Waals surface area contributed by atoms with Gasteiger partial charge in [-0.15, -0.1) is 11.3 Å². The number of nitrogens with two attached hydrogens (primary N) is 1. The molecule has 9 heteroatoms. The molecule has 7 nitrogen and oxygen atoms in total. The fourth-order valence-corrected chi connectivity index (χ4v) is 4.80. The first-order chi connectivity index (χ1) is 13.6. The zero-order valence-electron chi connectivity index (χ0n) is 15.1. The molecule has 28 heavy (non-hydrogen) atoms. The van der Waals surface area contributed by atoms with Gasteiger partial charge in [0.05, 0.1) is 21.1 Å². The molecule has 1 aliphatic carbocycles. The van der Waals surface area contributed by atoms with E-state index in [0.717, 1.165) is 46.0 Å². The van der Waals surface area contributed by atoms with Crippen LogP contribution < -0.4 is 11.1 Å². The van der Waals surface area contributed by atoms with Crippen LogP contribution in [0, 0.1) is 18.3 Å². The molecule has 1 aromatic carbocycles. The predicted molar refractivity (Wildman–Crippen MR) is 114 cm³/mol. The first-order valence-electron chi connectivity index (χ1n) is 8.74. The lowest BCUT2D eigenvalue weighted by Crippen LogP contribution is -2.12. The van der Waals surface area contributed by atoms with E-state index in [1.165, 1.54) is 22.7 Å². The van der Waals surface area contributed by atoms with Gasteiger partial charge in [-0.05, 0) is 19.8 Å². The van der Waals surface area contributed by atoms with Crippen molar-refractivity contribution in [3.63, 3.8) is 0 Å². The van der Waals surface area contributed by atoms with Crippen molar-refractivity contribution in [1.82, 2.24) is 9.97 Å². The largest absolute Gasteiger partial charge is 0.382 e. The van der Waals surface area contributed by atoms with Gasteiger partial charge in [0.25, 0.3) is 0 Å². The number of amidine groups is 1. The van der Waals surface area contributed by atoms with Crippen molar-refractivity contribution in [2.75, 3.05) is 5.32 Å². The predicted octanol–water partition coefficient (Wildman–Crippen LogP) is 3.90. The SMILES string of the molecule is Cc1nc(NC(=O)C2CC2)sc1-c1nc(-c2ccccc2)c(C(N)=NC=N)s1. The second-order valence-electron chi connectivity index (χ2n) is 6.40. The highest BCUT2D eigenvalue weighted by Crippen LogP contribution is 2.40. The Morgan fingerprint density at radius 1 is 1.29 bits per heavy atom. The number of aliphatic imine (C=N–C) groups is 1. The van der Waals surface area contributed by atoms with E-state index >= 15 is 0 Å². The molecule has 4 rings (SSSR count). The standard InChI is InChI=1S/C19H18N6OS2/c1-10-14(28-19(23-10)25-17(26)12-7-8-12)18-24-13(11-5-3-2-4-6-11)15(27-18)16(21)22-9-20/h2-6,9,12H,7-8H2,1H3,(H3,20,21,22)(H,23,25,26). The van der Waals surface area contributed by atoms with Gasteiger partial charge in [-0.3, -0.25) is 10.2 Å². The van der Waals surface area contributed by atoms with Gasteiger partial charge in [0, 0.05) is 11.5 Å². The molecule has 1 saturated carbocycles. The maximum absolute atomic E-state index is 12.0. The molecule has 0 aliphatic heterocycles. The second-order valence-corrected chi connectivity index (χ2v) is 8.40. The number of hydrogen-bond donors (Lipinski definition) is 3. The lowest BCUT2D eigenvalue weighted by Gasteiger charge is -2.00. The van der Waals surface area contributed by atoms with Gasteiger partial charge in [-0.25, -0.2) is 15.0 Å². The summed E-state index contributed by atoms with van der Waals surface area (Å²) in [4.78, 5) is 26.8. The number of carbonyl (C=O) groups excluding carboxylic acids is 1. The van der Waals surface area contributed by atoms with Gasteiger partial charge < -0.3 is 11.1 Å². The summed E-state index contributed by atoms with van der Waals surface area (Å²) in [6, 6.07) is 9.73. The lowest BCUT2D eigenvalue weighted by atomic mass is 10.1.